The smallest absolute Gasteiger partial charge is 0.162 e. The molecule has 0 saturated carbocycles. The summed E-state index contributed by atoms with van der Waals surface area (Å²) in [5.41, 5.74) is 4.23. The van der Waals surface area contributed by atoms with Crippen molar-refractivity contribution >= 4 is 27.5 Å². The standard InChI is InChI=1S/C29H34BrNO4/c1-7-11-35-24-9-8-18(13-19(24)30)25-26-20(14-28(2,3)16-22(26)32)31(10-12-34-6)21-15-29(4,5)17-23(33)27(21)25/h1,8-9,13,25H,10-12,14-17H2,2-6H3. The van der Waals surface area contributed by atoms with Crippen molar-refractivity contribution in [1.82, 2.24) is 4.90 Å². The monoisotopic (exact) mass is 539 g/mol. The lowest BCUT2D eigenvalue weighted by molar-refractivity contribution is -0.119. The summed E-state index contributed by atoms with van der Waals surface area (Å²) in [4.78, 5) is 29.7. The Morgan fingerprint density at radius 3 is 2.09 bits per heavy atom. The first-order valence-electron chi connectivity index (χ1n) is 12.1. The molecular formula is C29H34BrNO4. The Labute approximate surface area is 217 Å². The van der Waals surface area contributed by atoms with Crippen LogP contribution in [0.1, 0.15) is 64.9 Å². The van der Waals surface area contributed by atoms with Crippen molar-refractivity contribution in [3.8, 4) is 18.1 Å². The Kier molecular flexibility index (Phi) is 7.05. The second-order valence-electron chi connectivity index (χ2n) is 11.4. The maximum atomic E-state index is 13.7. The van der Waals surface area contributed by atoms with E-state index in [2.05, 4.69) is 54.4 Å². The van der Waals surface area contributed by atoms with Crippen LogP contribution in [0.4, 0.5) is 0 Å². The van der Waals surface area contributed by atoms with Gasteiger partial charge in [0.25, 0.3) is 0 Å². The first-order chi connectivity index (χ1) is 16.5. The Bertz CT molecular complexity index is 1110. The van der Waals surface area contributed by atoms with Crippen LogP contribution in [0, 0.1) is 23.2 Å². The quantitative estimate of drug-likeness (QED) is 0.428. The Hall–Kier alpha value is -2.36. The number of hydrogen-bond donors (Lipinski definition) is 0. The van der Waals surface area contributed by atoms with Gasteiger partial charge in [-0.05, 0) is 57.3 Å². The van der Waals surface area contributed by atoms with Crippen molar-refractivity contribution in [2.75, 3.05) is 26.9 Å². The van der Waals surface area contributed by atoms with E-state index in [1.807, 2.05) is 18.2 Å². The van der Waals surface area contributed by atoms with Crippen molar-refractivity contribution in [3.63, 3.8) is 0 Å². The number of rotatable bonds is 6. The molecule has 0 unspecified atom stereocenters. The van der Waals surface area contributed by atoms with Crippen molar-refractivity contribution in [2.24, 2.45) is 10.8 Å². The van der Waals surface area contributed by atoms with Crippen LogP contribution in [-0.4, -0.2) is 43.3 Å². The van der Waals surface area contributed by atoms with E-state index in [0.717, 1.165) is 45.4 Å². The summed E-state index contributed by atoms with van der Waals surface area (Å²) in [6, 6.07) is 5.79. The lowest BCUT2D eigenvalue weighted by Crippen LogP contribution is -2.45. The summed E-state index contributed by atoms with van der Waals surface area (Å²) < 4.78 is 11.8. The summed E-state index contributed by atoms with van der Waals surface area (Å²) >= 11 is 3.61. The molecule has 6 heteroatoms. The normalized spacial score (nSPS) is 21.6. The molecule has 0 amide bonds. The van der Waals surface area contributed by atoms with Gasteiger partial charge in [-0.3, -0.25) is 9.59 Å². The molecule has 1 aromatic carbocycles. The van der Waals surface area contributed by atoms with Crippen LogP contribution in [0.3, 0.4) is 0 Å². The number of Topliss-reactive ketones (excluding diaryl/α,β-unsaturated/α-hetero) is 2. The highest BCUT2D eigenvalue weighted by molar-refractivity contribution is 9.10. The number of carbonyl (C=O) groups is 2. The second kappa shape index (κ2) is 9.59. The molecule has 4 rings (SSSR count). The highest BCUT2D eigenvalue weighted by Crippen LogP contribution is 2.54. The first kappa shape index (κ1) is 25.7. The molecule has 1 heterocycles. The number of carbonyl (C=O) groups excluding carboxylic acids is 2. The Balaban J connectivity index is 1.93. The summed E-state index contributed by atoms with van der Waals surface area (Å²) in [5.74, 6) is 2.98. The number of ketones is 2. The fourth-order valence-electron chi connectivity index (χ4n) is 5.77. The number of ether oxygens (including phenoxy) is 2. The molecule has 1 aliphatic heterocycles. The molecule has 0 saturated heterocycles. The third-order valence-corrected chi connectivity index (χ3v) is 7.76. The lowest BCUT2D eigenvalue weighted by atomic mass is 9.63. The van der Waals surface area contributed by atoms with Gasteiger partial charge in [0.2, 0.25) is 0 Å². The fourth-order valence-corrected chi connectivity index (χ4v) is 6.28. The van der Waals surface area contributed by atoms with E-state index in [9.17, 15) is 9.59 Å². The number of nitrogens with zero attached hydrogens (tertiary/aromatic N) is 1. The lowest BCUT2D eigenvalue weighted by Gasteiger charge is -2.49. The maximum absolute atomic E-state index is 13.7. The highest BCUT2D eigenvalue weighted by atomic mass is 79.9. The van der Waals surface area contributed by atoms with Crippen LogP contribution in [0.15, 0.2) is 45.2 Å². The van der Waals surface area contributed by atoms with Gasteiger partial charge in [-0.1, -0.05) is 39.7 Å². The minimum atomic E-state index is -0.385. The molecule has 0 N–H and O–H groups in total. The fraction of sp³-hybridized carbons (Fsp3) is 0.517. The van der Waals surface area contributed by atoms with Gasteiger partial charge < -0.3 is 14.4 Å². The van der Waals surface area contributed by atoms with Crippen molar-refractivity contribution in [3.05, 3.63) is 50.8 Å². The molecule has 186 valence electrons. The predicted molar refractivity (Wildman–Crippen MR) is 140 cm³/mol. The van der Waals surface area contributed by atoms with Crippen molar-refractivity contribution in [2.45, 2.75) is 59.3 Å². The second-order valence-corrected chi connectivity index (χ2v) is 12.2. The number of hydrogen-bond acceptors (Lipinski definition) is 5. The van der Waals surface area contributed by atoms with E-state index >= 15 is 0 Å². The van der Waals surface area contributed by atoms with E-state index < -0.39 is 0 Å². The molecular weight excluding hydrogens is 506 g/mol. The maximum Gasteiger partial charge on any atom is 0.162 e. The molecule has 0 radical (unpaired) electrons. The van der Waals surface area contributed by atoms with Crippen LogP contribution >= 0.6 is 15.9 Å². The SMILES string of the molecule is C#CCOc1ccc(C2C3=C(CC(C)(C)CC3=O)N(CCOC)C3=C2C(=O)CC(C)(C)C3)cc1Br. The van der Waals surface area contributed by atoms with Crippen LogP contribution in [-0.2, 0) is 14.3 Å². The molecule has 0 spiro atoms. The van der Waals surface area contributed by atoms with Crippen LogP contribution in [0.2, 0.25) is 0 Å². The molecule has 3 aliphatic rings. The molecule has 35 heavy (non-hydrogen) atoms. The molecule has 0 aromatic heterocycles. The average Bonchev–Trinajstić information content (AvgIpc) is 2.75. The third-order valence-electron chi connectivity index (χ3n) is 7.14. The van der Waals surface area contributed by atoms with E-state index in [4.69, 9.17) is 15.9 Å². The summed E-state index contributed by atoms with van der Waals surface area (Å²) in [7, 11) is 1.69. The number of methoxy groups -OCH3 is 1. The third kappa shape index (κ3) is 4.99. The molecule has 0 bridgehead atoms. The zero-order valence-corrected chi connectivity index (χ0v) is 22.9. The molecule has 1 aromatic rings. The van der Waals surface area contributed by atoms with Crippen LogP contribution < -0.4 is 4.74 Å². The van der Waals surface area contributed by atoms with Gasteiger partial charge in [0.1, 0.15) is 12.4 Å². The van der Waals surface area contributed by atoms with Gasteiger partial charge in [0.15, 0.2) is 11.6 Å². The van der Waals surface area contributed by atoms with Gasteiger partial charge in [-0.25, -0.2) is 0 Å². The van der Waals surface area contributed by atoms with E-state index in [1.165, 1.54) is 0 Å². The van der Waals surface area contributed by atoms with Gasteiger partial charge >= 0.3 is 0 Å². The van der Waals surface area contributed by atoms with Crippen LogP contribution in [0.25, 0.3) is 0 Å². The van der Waals surface area contributed by atoms with E-state index in [0.29, 0.717) is 31.7 Å². The molecule has 0 atom stereocenters. The van der Waals surface area contributed by atoms with E-state index in [1.54, 1.807) is 7.11 Å². The molecule has 0 fully saturated rings. The van der Waals surface area contributed by atoms with Crippen molar-refractivity contribution in [1.29, 1.82) is 0 Å². The molecule has 5 nitrogen and oxygen atoms in total. The number of halogens is 1. The Morgan fingerprint density at radius 2 is 1.60 bits per heavy atom. The molecule has 2 aliphatic carbocycles. The Morgan fingerprint density at radius 1 is 1.03 bits per heavy atom. The topological polar surface area (TPSA) is 55.8 Å². The van der Waals surface area contributed by atoms with Gasteiger partial charge in [0, 0.05) is 55.0 Å². The van der Waals surface area contributed by atoms with Gasteiger partial charge in [-0.2, -0.15) is 0 Å². The number of terminal acetylenes is 1. The highest BCUT2D eigenvalue weighted by Gasteiger charge is 2.48. The van der Waals surface area contributed by atoms with E-state index in [-0.39, 0.29) is 34.9 Å². The first-order valence-corrected chi connectivity index (χ1v) is 12.9. The van der Waals surface area contributed by atoms with Crippen LogP contribution in [0.5, 0.6) is 5.75 Å². The zero-order valence-electron chi connectivity index (χ0n) is 21.3. The minimum Gasteiger partial charge on any atom is -0.480 e. The average molecular weight is 540 g/mol. The number of allylic oxidation sites excluding steroid dienone is 4. The largest absolute Gasteiger partial charge is 0.480 e. The number of benzene rings is 1. The summed E-state index contributed by atoms with van der Waals surface area (Å²) in [5, 5.41) is 0. The van der Waals surface area contributed by atoms with Crippen molar-refractivity contribution < 1.29 is 19.1 Å². The minimum absolute atomic E-state index is 0.122. The summed E-state index contributed by atoms with van der Waals surface area (Å²) in [6.07, 6.45) is 7.85. The predicted octanol–water partition coefficient (Wildman–Crippen LogP) is 5.79. The zero-order chi connectivity index (χ0) is 25.5. The summed E-state index contributed by atoms with van der Waals surface area (Å²) in [6.45, 7) is 9.89. The van der Waals surface area contributed by atoms with Gasteiger partial charge in [-0.15, -0.1) is 6.42 Å². The van der Waals surface area contributed by atoms with Gasteiger partial charge in [0.05, 0.1) is 11.1 Å².